The smallest absolute Gasteiger partial charge is 0.226 e. The Labute approximate surface area is 88.2 Å². The Morgan fingerprint density at radius 3 is 3.00 bits per heavy atom. The van der Waals surface area contributed by atoms with Gasteiger partial charge in [-0.2, -0.15) is 0 Å². The lowest BCUT2D eigenvalue weighted by Crippen LogP contribution is -2.31. The molecule has 1 saturated heterocycles. The van der Waals surface area contributed by atoms with Crippen molar-refractivity contribution in [2.45, 2.75) is 12.8 Å². The van der Waals surface area contributed by atoms with E-state index in [4.69, 9.17) is 9.15 Å². The molecule has 1 aliphatic heterocycles. The van der Waals surface area contributed by atoms with Crippen molar-refractivity contribution in [1.82, 2.24) is 5.32 Å². The van der Waals surface area contributed by atoms with E-state index in [2.05, 4.69) is 5.32 Å². The van der Waals surface area contributed by atoms with E-state index in [1.54, 1.807) is 0 Å². The molecule has 2 rings (SSSR count). The van der Waals surface area contributed by atoms with E-state index in [-0.39, 0.29) is 5.43 Å². The molecule has 0 spiro atoms. The third-order valence-electron chi connectivity index (χ3n) is 2.65. The third-order valence-corrected chi connectivity index (χ3v) is 2.65. The van der Waals surface area contributed by atoms with Gasteiger partial charge in [-0.05, 0) is 31.8 Å². The fourth-order valence-electron chi connectivity index (χ4n) is 1.70. The fourth-order valence-corrected chi connectivity index (χ4v) is 1.70. The zero-order valence-electron chi connectivity index (χ0n) is 8.57. The summed E-state index contributed by atoms with van der Waals surface area (Å²) in [4.78, 5) is 11.3. The molecule has 1 aliphatic rings. The first-order valence-electron chi connectivity index (χ1n) is 5.26. The second-order valence-corrected chi connectivity index (χ2v) is 3.79. The number of hydrogen-bond donors (Lipinski definition) is 1. The Morgan fingerprint density at radius 1 is 1.47 bits per heavy atom. The molecule has 82 valence electrons. The van der Waals surface area contributed by atoms with Crippen LogP contribution in [-0.4, -0.2) is 19.7 Å². The average Bonchev–Trinajstić information content (AvgIpc) is 2.29. The van der Waals surface area contributed by atoms with Crippen LogP contribution in [0.25, 0.3) is 0 Å². The number of ether oxygens (including phenoxy) is 1. The fraction of sp³-hybridized carbons (Fsp3) is 0.545. The standard InChI is InChI=1S/C11H15NO3/c13-10-3-6-14-8-11(10)15-7-9-1-4-12-5-2-9/h3,6,8-9,12H,1-2,4-5,7H2. The maximum absolute atomic E-state index is 11.3. The van der Waals surface area contributed by atoms with E-state index in [0.29, 0.717) is 18.3 Å². The second kappa shape index (κ2) is 4.98. The SMILES string of the molecule is O=c1ccocc1OCC1CCNCC1. The quantitative estimate of drug-likeness (QED) is 0.807. The molecule has 4 heteroatoms. The molecule has 2 heterocycles. The highest BCUT2D eigenvalue weighted by molar-refractivity contribution is 5.13. The van der Waals surface area contributed by atoms with Crippen LogP contribution >= 0.6 is 0 Å². The maximum Gasteiger partial charge on any atom is 0.226 e. The van der Waals surface area contributed by atoms with Crippen LogP contribution in [0, 0.1) is 5.92 Å². The molecule has 1 fully saturated rings. The summed E-state index contributed by atoms with van der Waals surface area (Å²) in [5.74, 6) is 0.863. The molecule has 1 aromatic heterocycles. The highest BCUT2D eigenvalue weighted by Gasteiger charge is 2.14. The third kappa shape index (κ3) is 2.83. The van der Waals surface area contributed by atoms with E-state index in [1.165, 1.54) is 18.6 Å². The van der Waals surface area contributed by atoms with E-state index in [0.717, 1.165) is 25.9 Å². The van der Waals surface area contributed by atoms with E-state index in [9.17, 15) is 4.79 Å². The number of piperidine rings is 1. The van der Waals surface area contributed by atoms with Crippen molar-refractivity contribution in [3.63, 3.8) is 0 Å². The average molecular weight is 209 g/mol. The minimum atomic E-state index is -0.116. The van der Waals surface area contributed by atoms with Crippen molar-refractivity contribution in [3.05, 3.63) is 28.8 Å². The van der Waals surface area contributed by atoms with Crippen molar-refractivity contribution in [1.29, 1.82) is 0 Å². The normalized spacial score (nSPS) is 17.6. The summed E-state index contributed by atoms with van der Waals surface area (Å²) in [6.07, 6.45) is 4.94. The summed E-state index contributed by atoms with van der Waals surface area (Å²) in [5.41, 5.74) is -0.116. The molecule has 1 N–H and O–H groups in total. The first-order valence-corrected chi connectivity index (χ1v) is 5.26. The molecule has 0 atom stereocenters. The van der Waals surface area contributed by atoms with E-state index < -0.39 is 0 Å². The predicted molar refractivity (Wildman–Crippen MR) is 56.1 cm³/mol. The van der Waals surface area contributed by atoms with Crippen LogP contribution in [0.1, 0.15) is 12.8 Å². The van der Waals surface area contributed by atoms with Gasteiger partial charge in [0.05, 0.1) is 12.9 Å². The molecule has 1 aromatic rings. The lowest BCUT2D eigenvalue weighted by Gasteiger charge is -2.22. The molecule has 0 saturated carbocycles. The molecule has 0 bridgehead atoms. The molecule has 0 aliphatic carbocycles. The lowest BCUT2D eigenvalue weighted by molar-refractivity contribution is 0.209. The van der Waals surface area contributed by atoms with Gasteiger partial charge in [-0.25, -0.2) is 0 Å². The Morgan fingerprint density at radius 2 is 2.27 bits per heavy atom. The van der Waals surface area contributed by atoms with Gasteiger partial charge < -0.3 is 14.5 Å². The van der Waals surface area contributed by atoms with Gasteiger partial charge in [-0.3, -0.25) is 4.79 Å². The van der Waals surface area contributed by atoms with Crippen LogP contribution in [0.4, 0.5) is 0 Å². The molecule has 0 radical (unpaired) electrons. The summed E-state index contributed by atoms with van der Waals surface area (Å²) in [7, 11) is 0. The van der Waals surface area contributed by atoms with Gasteiger partial charge in [-0.1, -0.05) is 0 Å². The van der Waals surface area contributed by atoms with Gasteiger partial charge >= 0.3 is 0 Å². The van der Waals surface area contributed by atoms with Crippen LogP contribution in [0.3, 0.4) is 0 Å². The topological polar surface area (TPSA) is 51.5 Å². The number of nitrogens with one attached hydrogen (secondary N) is 1. The van der Waals surface area contributed by atoms with E-state index >= 15 is 0 Å². The summed E-state index contributed by atoms with van der Waals surface area (Å²) in [6.45, 7) is 2.69. The van der Waals surface area contributed by atoms with Gasteiger partial charge in [0.2, 0.25) is 11.2 Å². The highest BCUT2D eigenvalue weighted by Crippen LogP contribution is 2.13. The summed E-state index contributed by atoms with van der Waals surface area (Å²) >= 11 is 0. The Kier molecular flexibility index (Phi) is 3.40. The first-order chi connectivity index (χ1) is 7.36. The second-order valence-electron chi connectivity index (χ2n) is 3.79. The summed E-state index contributed by atoms with van der Waals surface area (Å²) in [6, 6.07) is 1.37. The van der Waals surface area contributed by atoms with Gasteiger partial charge in [0.1, 0.15) is 6.26 Å². The van der Waals surface area contributed by atoms with Gasteiger partial charge in [0.25, 0.3) is 0 Å². The molecule has 0 unspecified atom stereocenters. The molecule has 15 heavy (non-hydrogen) atoms. The zero-order valence-corrected chi connectivity index (χ0v) is 8.57. The largest absolute Gasteiger partial charge is 0.486 e. The minimum absolute atomic E-state index is 0.116. The van der Waals surface area contributed by atoms with Crippen molar-refractivity contribution in [2.24, 2.45) is 5.92 Å². The Balaban J connectivity index is 1.87. The summed E-state index contributed by atoms with van der Waals surface area (Å²) < 4.78 is 10.3. The van der Waals surface area contributed by atoms with Crippen molar-refractivity contribution >= 4 is 0 Å². The molecule has 0 aromatic carbocycles. The lowest BCUT2D eigenvalue weighted by atomic mass is 9.99. The summed E-state index contributed by atoms with van der Waals surface area (Å²) in [5, 5.41) is 3.29. The number of rotatable bonds is 3. The van der Waals surface area contributed by atoms with Crippen LogP contribution in [-0.2, 0) is 0 Å². The maximum atomic E-state index is 11.3. The molecular weight excluding hydrogens is 194 g/mol. The Hall–Kier alpha value is -1.29. The Bertz CT molecular complexity index is 355. The number of hydrogen-bond acceptors (Lipinski definition) is 4. The van der Waals surface area contributed by atoms with Crippen molar-refractivity contribution < 1.29 is 9.15 Å². The van der Waals surface area contributed by atoms with Crippen LogP contribution in [0.2, 0.25) is 0 Å². The first kappa shape index (κ1) is 10.2. The van der Waals surface area contributed by atoms with E-state index in [1.807, 2.05) is 0 Å². The van der Waals surface area contributed by atoms with Crippen LogP contribution in [0.5, 0.6) is 5.75 Å². The van der Waals surface area contributed by atoms with Gasteiger partial charge in [0, 0.05) is 6.07 Å². The molecular formula is C11H15NO3. The molecule has 4 nitrogen and oxygen atoms in total. The molecule has 0 amide bonds. The predicted octanol–water partition coefficient (Wildman–Crippen LogP) is 1.02. The van der Waals surface area contributed by atoms with Gasteiger partial charge in [-0.15, -0.1) is 0 Å². The monoisotopic (exact) mass is 209 g/mol. The highest BCUT2D eigenvalue weighted by atomic mass is 16.5. The zero-order chi connectivity index (χ0) is 10.5. The minimum Gasteiger partial charge on any atom is -0.486 e. The van der Waals surface area contributed by atoms with Crippen molar-refractivity contribution in [3.8, 4) is 5.75 Å². The van der Waals surface area contributed by atoms with Crippen LogP contribution in [0.15, 0.2) is 27.8 Å². The van der Waals surface area contributed by atoms with Crippen LogP contribution < -0.4 is 15.5 Å². The van der Waals surface area contributed by atoms with Crippen molar-refractivity contribution in [2.75, 3.05) is 19.7 Å². The van der Waals surface area contributed by atoms with Gasteiger partial charge in [0.15, 0.2) is 0 Å².